The Hall–Kier alpha value is -1.39. The number of hydrogen-bond acceptors (Lipinski definition) is 3. The lowest BCUT2D eigenvalue weighted by Gasteiger charge is -2.22. The number of hydrogen-bond donors (Lipinski definition) is 1. The molecule has 4 nitrogen and oxygen atoms in total. The van der Waals surface area contributed by atoms with E-state index in [1.807, 2.05) is 17.1 Å². The maximum Gasteiger partial charge on any atom is 0.0837 e. The zero-order valence-corrected chi connectivity index (χ0v) is 13.9. The molecule has 114 valence electrons. The Kier molecular flexibility index (Phi) is 5.37. The Labute approximate surface area is 131 Å². The first kappa shape index (κ1) is 16.0. The van der Waals surface area contributed by atoms with Gasteiger partial charge in [0.1, 0.15) is 0 Å². The molecule has 21 heavy (non-hydrogen) atoms. The molecule has 0 amide bonds. The summed E-state index contributed by atoms with van der Waals surface area (Å²) in [6.07, 6.45) is 6.54. The van der Waals surface area contributed by atoms with Gasteiger partial charge < -0.3 is 5.32 Å². The van der Waals surface area contributed by atoms with Crippen LogP contribution < -0.4 is 5.32 Å². The van der Waals surface area contributed by atoms with Crippen LogP contribution in [-0.4, -0.2) is 21.3 Å². The molecule has 0 saturated carbocycles. The second-order valence-corrected chi connectivity index (χ2v) is 6.01. The summed E-state index contributed by atoms with van der Waals surface area (Å²) in [6, 6.07) is 2.42. The summed E-state index contributed by atoms with van der Waals surface area (Å²) in [4.78, 5) is 4.31. The third-order valence-electron chi connectivity index (χ3n) is 3.38. The minimum absolute atomic E-state index is 0.00903. The van der Waals surface area contributed by atoms with E-state index < -0.39 is 0 Å². The fourth-order valence-electron chi connectivity index (χ4n) is 2.43. The standard InChI is InChI=1S/C16H23ClN4/c1-5-6-19-15(13-7-12(4)8-18-9-13)16-14(17)10-20-21(16)11(2)3/h7-11,15,19H,5-6H2,1-4H3. The van der Waals surface area contributed by atoms with Crippen molar-refractivity contribution in [1.82, 2.24) is 20.1 Å². The van der Waals surface area contributed by atoms with Crippen molar-refractivity contribution in [3.63, 3.8) is 0 Å². The van der Waals surface area contributed by atoms with E-state index >= 15 is 0 Å². The van der Waals surface area contributed by atoms with E-state index in [0.29, 0.717) is 5.02 Å². The third-order valence-corrected chi connectivity index (χ3v) is 3.67. The number of pyridine rings is 1. The van der Waals surface area contributed by atoms with Crippen molar-refractivity contribution in [3.8, 4) is 0 Å². The van der Waals surface area contributed by atoms with E-state index in [1.54, 1.807) is 6.20 Å². The lowest BCUT2D eigenvalue weighted by atomic mass is 10.0. The van der Waals surface area contributed by atoms with E-state index in [1.165, 1.54) is 0 Å². The smallest absolute Gasteiger partial charge is 0.0837 e. The second kappa shape index (κ2) is 7.05. The van der Waals surface area contributed by atoms with Gasteiger partial charge in [-0.15, -0.1) is 0 Å². The lowest BCUT2D eigenvalue weighted by molar-refractivity contribution is 0.471. The molecule has 2 heterocycles. The number of nitrogens with one attached hydrogen (secondary N) is 1. The fourth-order valence-corrected chi connectivity index (χ4v) is 2.67. The van der Waals surface area contributed by atoms with Gasteiger partial charge in [-0.1, -0.05) is 24.6 Å². The number of aromatic nitrogens is 3. The van der Waals surface area contributed by atoms with Crippen LogP contribution in [0, 0.1) is 6.92 Å². The molecule has 0 aromatic carbocycles. The third kappa shape index (κ3) is 3.63. The molecule has 0 radical (unpaired) electrons. The van der Waals surface area contributed by atoms with Gasteiger partial charge in [-0.05, 0) is 44.9 Å². The quantitative estimate of drug-likeness (QED) is 0.880. The first-order valence-electron chi connectivity index (χ1n) is 7.42. The summed E-state index contributed by atoms with van der Waals surface area (Å²) < 4.78 is 1.98. The first-order chi connectivity index (χ1) is 10.0. The van der Waals surface area contributed by atoms with E-state index in [4.69, 9.17) is 11.6 Å². The fraction of sp³-hybridized carbons (Fsp3) is 0.500. The predicted octanol–water partition coefficient (Wildman–Crippen LogP) is 3.91. The van der Waals surface area contributed by atoms with Gasteiger partial charge in [-0.3, -0.25) is 9.67 Å². The molecule has 0 bridgehead atoms. The highest BCUT2D eigenvalue weighted by atomic mass is 35.5. The molecule has 1 unspecified atom stereocenters. The minimum Gasteiger partial charge on any atom is -0.305 e. The molecule has 0 saturated heterocycles. The molecule has 5 heteroatoms. The molecule has 2 aromatic heterocycles. The monoisotopic (exact) mass is 306 g/mol. The Morgan fingerprint density at radius 2 is 2.05 bits per heavy atom. The summed E-state index contributed by atoms with van der Waals surface area (Å²) in [5, 5.41) is 8.68. The molecule has 0 fully saturated rings. The van der Waals surface area contributed by atoms with Crippen molar-refractivity contribution in [1.29, 1.82) is 0 Å². The highest BCUT2D eigenvalue weighted by molar-refractivity contribution is 6.31. The summed E-state index contributed by atoms with van der Waals surface area (Å²) >= 11 is 6.41. The molecule has 2 rings (SSSR count). The highest BCUT2D eigenvalue weighted by Crippen LogP contribution is 2.30. The molecule has 1 atom stereocenters. The van der Waals surface area contributed by atoms with Crippen molar-refractivity contribution < 1.29 is 0 Å². The van der Waals surface area contributed by atoms with Gasteiger partial charge in [-0.2, -0.15) is 5.10 Å². The van der Waals surface area contributed by atoms with Crippen LogP contribution in [0.1, 0.15) is 56.1 Å². The molecular formula is C16H23ClN4. The van der Waals surface area contributed by atoms with Gasteiger partial charge >= 0.3 is 0 Å². The molecule has 1 N–H and O–H groups in total. The molecule has 2 aromatic rings. The number of aryl methyl sites for hydroxylation is 1. The van der Waals surface area contributed by atoms with Crippen LogP contribution in [0.4, 0.5) is 0 Å². The maximum atomic E-state index is 6.41. The van der Waals surface area contributed by atoms with Gasteiger partial charge in [0.05, 0.1) is 23.0 Å². The van der Waals surface area contributed by atoms with Crippen LogP contribution in [-0.2, 0) is 0 Å². The van der Waals surface area contributed by atoms with Crippen molar-refractivity contribution in [2.24, 2.45) is 0 Å². The lowest BCUT2D eigenvalue weighted by Crippen LogP contribution is -2.27. The predicted molar refractivity (Wildman–Crippen MR) is 86.7 cm³/mol. The van der Waals surface area contributed by atoms with Crippen molar-refractivity contribution in [2.45, 2.75) is 46.2 Å². The number of halogens is 1. The molecule has 0 aliphatic rings. The molecule has 0 spiro atoms. The van der Waals surface area contributed by atoms with Crippen molar-refractivity contribution >= 4 is 11.6 Å². The Morgan fingerprint density at radius 1 is 1.29 bits per heavy atom. The number of nitrogens with zero attached hydrogens (tertiary/aromatic N) is 3. The average Bonchev–Trinajstić information content (AvgIpc) is 2.82. The van der Waals surface area contributed by atoms with Crippen LogP contribution in [0.2, 0.25) is 5.02 Å². The molecule has 0 aliphatic heterocycles. The summed E-state index contributed by atoms with van der Waals surface area (Å²) in [6.45, 7) is 9.34. The summed E-state index contributed by atoms with van der Waals surface area (Å²) in [5.41, 5.74) is 3.27. The Bertz CT molecular complexity index is 592. The van der Waals surface area contributed by atoms with Crippen LogP contribution in [0.25, 0.3) is 0 Å². The van der Waals surface area contributed by atoms with Crippen LogP contribution >= 0.6 is 11.6 Å². The normalized spacial score (nSPS) is 12.9. The van der Waals surface area contributed by atoms with E-state index in [0.717, 1.165) is 29.8 Å². The van der Waals surface area contributed by atoms with Gasteiger partial charge in [-0.25, -0.2) is 0 Å². The van der Waals surface area contributed by atoms with Gasteiger partial charge in [0.25, 0.3) is 0 Å². The molecular weight excluding hydrogens is 284 g/mol. The Morgan fingerprint density at radius 3 is 2.67 bits per heavy atom. The minimum atomic E-state index is 0.00903. The van der Waals surface area contributed by atoms with Crippen LogP contribution in [0.15, 0.2) is 24.7 Å². The Balaban J connectivity index is 2.48. The van der Waals surface area contributed by atoms with Gasteiger partial charge in [0.2, 0.25) is 0 Å². The summed E-state index contributed by atoms with van der Waals surface area (Å²) in [7, 11) is 0. The van der Waals surface area contributed by atoms with Gasteiger partial charge in [0, 0.05) is 18.4 Å². The SMILES string of the molecule is CCCNC(c1cncc(C)c1)c1c(Cl)cnn1C(C)C. The number of rotatable bonds is 6. The van der Waals surface area contributed by atoms with E-state index in [2.05, 4.69) is 49.2 Å². The van der Waals surface area contributed by atoms with Crippen LogP contribution in [0.5, 0.6) is 0 Å². The highest BCUT2D eigenvalue weighted by Gasteiger charge is 2.23. The topological polar surface area (TPSA) is 42.7 Å². The van der Waals surface area contributed by atoms with E-state index in [9.17, 15) is 0 Å². The second-order valence-electron chi connectivity index (χ2n) is 5.60. The maximum absolute atomic E-state index is 6.41. The zero-order chi connectivity index (χ0) is 15.4. The summed E-state index contributed by atoms with van der Waals surface area (Å²) in [5.74, 6) is 0. The van der Waals surface area contributed by atoms with E-state index in [-0.39, 0.29) is 12.1 Å². The van der Waals surface area contributed by atoms with Crippen LogP contribution in [0.3, 0.4) is 0 Å². The average molecular weight is 307 g/mol. The van der Waals surface area contributed by atoms with Gasteiger partial charge in [0.15, 0.2) is 0 Å². The van der Waals surface area contributed by atoms with Crippen molar-refractivity contribution in [2.75, 3.05) is 6.54 Å². The van der Waals surface area contributed by atoms with Crippen molar-refractivity contribution in [3.05, 3.63) is 46.5 Å². The largest absolute Gasteiger partial charge is 0.305 e. The zero-order valence-electron chi connectivity index (χ0n) is 13.1. The first-order valence-corrected chi connectivity index (χ1v) is 7.80. The molecule has 0 aliphatic carbocycles.